The van der Waals surface area contributed by atoms with Gasteiger partial charge in [0.2, 0.25) is 12.6 Å². The van der Waals surface area contributed by atoms with Gasteiger partial charge in [-0.05, 0) is 41.3 Å². The molecule has 5 rings (SSSR count). The van der Waals surface area contributed by atoms with Gasteiger partial charge in [0.05, 0.1) is 16.7 Å². The molecule has 0 spiro atoms. The van der Waals surface area contributed by atoms with E-state index in [9.17, 15) is 14.7 Å². The molecule has 2 aliphatic rings. The number of nitrogens with zero attached hydrogens (tertiary/aromatic N) is 1. The number of ketones is 1. The fraction of sp³-hybridized carbons (Fsp3) is 0.143. The minimum Gasteiger partial charge on any atom is -0.503 e. The number of carbonyl (C=O) groups excluding carboxylic acids is 2. The van der Waals surface area contributed by atoms with Crippen molar-refractivity contribution in [3.63, 3.8) is 0 Å². The summed E-state index contributed by atoms with van der Waals surface area (Å²) in [6.07, 6.45) is 1.47. The summed E-state index contributed by atoms with van der Waals surface area (Å²) in [7, 11) is 0. The van der Waals surface area contributed by atoms with Crippen molar-refractivity contribution in [2.45, 2.75) is 12.6 Å². The van der Waals surface area contributed by atoms with Crippen LogP contribution in [0.4, 0.5) is 0 Å². The number of hydrogen-bond acceptors (Lipinski definition) is 7. The number of ether oxygens (including phenoxy) is 2. The maximum Gasteiger partial charge on any atom is 0.290 e. The van der Waals surface area contributed by atoms with Crippen LogP contribution in [-0.4, -0.2) is 28.5 Å². The largest absolute Gasteiger partial charge is 0.503 e. The molecule has 146 valence electrons. The van der Waals surface area contributed by atoms with Crippen LogP contribution in [0.1, 0.15) is 27.0 Å². The zero-order valence-electron chi connectivity index (χ0n) is 15.0. The lowest BCUT2D eigenvalue weighted by Crippen LogP contribution is -2.30. The molecule has 0 aliphatic carbocycles. The first kappa shape index (κ1) is 17.6. The Morgan fingerprint density at radius 2 is 2.03 bits per heavy atom. The Morgan fingerprint density at radius 3 is 2.79 bits per heavy atom. The van der Waals surface area contributed by atoms with Crippen LogP contribution in [0.15, 0.2) is 69.9 Å². The number of thiophene rings is 1. The molecule has 0 bridgehead atoms. The number of aliphatic hydroxyl groups is 1. The van der Waals surface area contributed by atoms with Crippen molar-refractivity contribution in [2.75, 3.05) is 6.79 Å². The summed E-state index contributed by atoms with van der Waals surface area (Å²) < 4.78 is 16.2. The molecule has 1 unspecified atom stereocenters. The average molecular weight is 409 g/mol. The summed E-state index contributed by atoms with van der Waals surface area (Å²) in [5.74, 6) is 0.0763. The predicted molar refractivity (Wildman–Crippen MR) is 103 cm³/mol. The molecular formula is C21H15NO6S. The molecule has 8 heteroatoms. The molecule has 0 saturated carbocycles. The van der Waals surface area contributed by atoms with E-state index < -0.39 is 17.7 Å². The molecule has 0 radical (unpaired) electrons. The van der Waals surface area contributed by atoms with Crippen molar-refractivity contribution in [2.24, 2.45) is 0 Å². The van der Waals surface area contributed by atoms with E-state index in [0.717, 1.165) is 5.56 Å². The third-order valence-corrected chi connectivity index (χ3v) is 5.76. The third-order valence-electron chi connectivity index (χ3n) is 4.90. The molecule has 7 nitrogen and oxygen atoms in total. The van der Waals surface area contributed by atoms with Gasteiger partial charge in [0, 0.05) is 6.54 Å². The number of furan rings is 1. The third kappa shape index (κ3) is 2.89. The Hall–Kier alpha value is -3.52. The van der Waals surface area contributed by atoms with Crippen molar-refractivity contribution in [3.05, 3.63) is 81.6 Å². The molecule has 29 heavy (non-hydrogen) atoms. The van der Waals surface area contributed by atoms with E-state index in [0.29, 0.717) is 22.1 Å². The van der Waals surface area contributed by atoms with E-state index in [1.807, 2.05) is 6.07 Å². The molecule has 2 aromatic heterocycles. The van der Waals surface area contributed by atoms with Gasteiger partial charge in [0.25, 0.3) is 5.91 Å². The molecule has 0 fully saturated rings. The Morgan fingerprint density at radius 1 is 1.17 bits per heavy atom. The maximum atomic E-state index is 13.1. The SMILES string of the molecule is O=C(C1=C(O)C(=O)N(Cc2ccc3c(c2)OCO3)C1c1ccco1)c1cccs1. The minimum absolute atomic E-state index is 0.0214. The van der Waals surface area contributed by atoms with Gasteiger partial charge in [-0.3, -0.25) is 9.59 Å². The molecule has 4 heterocycles. The number of hydrogen-bond donors (Lipinski definition) is 1. The first-order chi connectivity index (χ1) is 14.1. The zero-order valence-corrected chi connectivity index (χ0v) is 15.8. The summed E-state index contributed by atoms with van der Waals surface area (Å²) in [4.78, 5) is 27.8. The van der Waals surface area contributed by atoms with Crippen molar-refractivity contribution < 1.29 is 28.6 Å². The van der Waals surface area contributed by atoms with E-state index in [-0.39, 0.29) is 24.7 Å². The highest BCUT2D eigenvalue weighted by Crippen LogP contribution is 2.41. The van der Waals surface area contributed by atoms with Crippen molar-refractivity contribution in [3.8, 4) is 11.5 Å². The van der Waals surface area contributed by atoms with Gasteiger partial charge < -0.3 is 23.9 Å². The van der Waals surface area contributed by atoms with E-state index in [2.05, 4.69) is 0 Å². The highest BCUT2D eigenvalue weighted by molar-refractivity contribution is 7.12. The summed E-state index contributed by atoms with van der Waals surface area (Å²) in [6, 6.07) is 11.3. The fourth-order valence-corrected chi connectivity index (χ4v) is 4.25. The monoisotopic (exact) mass is 409 g/mol. The van der Waals surface area contributed by atoms with Crippen LogP contribution in [0, 0.1) is 0 Å². The summed E-state index contributed by atoms with van der Waals surface area (Å²) in [5.41, 5.74) is 0.796. The normalized spacial score (nSPS) is 18.0. The van der Waals surface area contributed by atoms with Gasteiger partial charge in [-0.1, -0.05) is 12.1 Å². The average Bonchev–Trinajstić information content (AvgIpc) is 3.51. The molecule has 1 amide bonds. The Balaban J connectivity index is 1.53. The molecule has 1 N–H and O–H groups in total. The fourth-order valence-electron chi connectivity index (χ4n) is 3.57. The Labute approximate surface area is 169 Å². The van der Waals surface area contributed by atoms with Crippen LogP contribution in [0.3, 0.4) is 0 Å². The van der Waals surface area contributed by atoms with Crippen molar-refractivity contribution in [1.29, 1.82) is 0 Å². The molecule has 0 saturated heterocycles. The number of carbonyl (C=O) groups is 2. The number of rotatable bonds is 5. The quantitative estimate of drug-likeness (QED) is 0.644. The van der Waals surface area contributed by atoms with E-state index in [1.165, 1.54) is 22.5 Å². The summed E-state index contributed by atoms with van der Waals surface area (Å²) in [5, 5.41) is 12.4. The second-order valence-corrected chi connectivity index (χ2v) is 7.56. The van der Waals surface area contributed by atoms with Crippen LogP contribution < -0.4 is 9.47 Å². The lowest BCUT2D eigenvalue weighted by molar-refractivity contribution is -0.130. The molecule has 2 aliphatic heterocycles. The second-order valence-electron chi connectivity index (χ2n) is 6.61. The minimum atomic E-state index is -0.822. The van der Waals surface area contributed by atoms with Gasteiger partial charge in [-0.15, -0.1) is 11.3 Å². The van der Waals surface area contributed by atoms with Crippen LogP contribution in [-0.2, 0) is 11.3 Å². The number of Topliss-reactive ketones (excluding diaryl/α,β-unsaturated/α-hetero) is 1. The number of fused-ring (bicyclic) bond motifs is 1. The number of aliphatic hydroxyl groups excluding tert-OH is 1. The highest BCUT2D eigenvalue weighted by atomic mass is 32.1. The first-order valence-electron chi connectivity index (χ1n) is 8.87. The van der Waals surface area contributed by atoms with Crippen LogP contribution in [0.2, 0.25) is 0 Å². The number of benzene rings is 1. The molecular weight excluding hydrogens is 394 g/mol. The van der Waals surface area contributed by atoms with Gasteiger partial charge in [-0.2, -0.15) is 0 Å². The van der Waals surface area contributed by atoms with Gasteiger partial charge in [-0.25, -0.2) is 0 Å². The lowest BCUT2D eigenvalue weighted by Gasteiger charge is -2.25. The van der Waals surface area contributed by atoms with Crippen molar-refractivity contribution >= 4 is 23.0 Å². The van der Waals surface area contributed by atoms with Gasteiger partial charge in [0.15, 0.2) is 17.3 Å². The summed E-state index contributed by atoms with van der Waals surface area (Å²) in [6.45, 7) is 0.310. The topological polar surface area (TPSA) is 89.2 Å². The Kier molecular flexibility index (Phi) is 4.13. The predicted octanol–water partition coefficient (Wildman–Crippen LogP) is 3.85. The summed E-state index contributed by atoms with van der Waals surface area (Å²) >= 11 is 1.25. The zero-order chi connectivity index (χ0) is 20.0. The van der Waals surface area contributed by atoms with Crippen LogP contribution >= 0.6 is 11.3 Å². The lowest BCUT2D eigenvalue weighted by atomic mass is 10.00. The highest BCUT2D eigenvalue weighted by Gasteiger charge is 2.45. The molecule has 1 aromatic carbocycles. The van der Waals surface area contributed by atoms with Crippen LogP contribution in [0.5, 0.6) is 11.5 Å². The standard InChI is InChI=1S/C21H15NO6S/c23-19(16-4-2-8-29-16)17-18(14-3-1-7-26-14)22(21(25)20(17)24)10-12-5-6-13-15(9-12)28-11-27-13/h1-9,18,24H,10-11H2. The Bertz CT molecular complexity index is 1120. The van der Waals surface area contributed by atoms with Crippen molar-refractivity contribution in [1.82, 2.24) is 4.90 Å². The van der Waals surface area contributed by atoms with Gasteiger partial charge in [0.1, 0.15) is 11.8 Å². The molecule has 3 aromatic rings. The van der Waals surface area contributed by atoms with Gasteiger partial charge >= 0.3 is 0 Å². The number of amides is 1. The maximum absolute atomic E-state index is 13.1. The van der Waals surface area contributed by atoms with E-state index in [1.54, 1.807) is 41.8 Å². The van der Waals surface area contributed by atoms with Crippen LogP contribution in [0.25, 0.3) is 0 Å². The van der Waals surface area contributed by atoms with E-state index >= 15 is 0 Å². The smallest absolute Gasteiger partial charge is 0.290 e. The first-order valence-corrected chi connectivity index (χ1v) is 9.75. The molecule has 1 atom stereocenters. The second kappa shape index (κ2) is 6.82. The van der Waals surface area contributed by atoms with E-state index in [4.69, 9.17) is 13.9 Å².